The molecular formula is C24H19N5OS. The lowest BCUT2D eigenvalue weighted by Gasteiger charge is -2.13. The Hall–Kier alpha value is -3.71. The molecule has 7 heteroatoms. The number of fused-ring (bicyclic) bond motifs is 1. The van der Waals surface area contributed by atoms with Crippen LogP contribution in [0.25, 0.3) is 28.0 Å². The minimum atomic E-state index is -0.337. The Kier molecular flexibility index (Phi) is 5.09. The van der Waals surface area contributed by atoms with Gasteiger partial charge in [0, 0.05) is 46.3 Å². The van der Waals surface area contributed by atoms with Crippen molar-refractivity contribution >= 4 is 28.4 Å². The van der Waals surface area contributed by atoms with Crippen LogP contribution in [0.1, 0.15) is 17.3 Å². The zero-order chi connectivity index (χ0) is 21.2. The Labute approximate surface area is 183 Å². The van der Waals surface area contributed by atoms with Gasteiger partial charge in [-0.25, -0.2) is 0 Å². The maximum Gasteiger partial charge on any atom is 0.196 e. The number of H-pyrrole nitrogens is 1. The van der Waals surface area contributed by atoms with Gasteiger partial charge >= 0.3 is 0 Å². The van der Waals surface area contributed by atoms with Crippen LogP contribution < -0.4 is 0 Å². The van der Waals surface area contributed by atoms with Gasteiger partial charge in [-0.05, 0) is 37.3 Å². The van der Waals surface area contributed by atoms with Gasteiger partial charge < -0.3 is 4.98 Å². The van der Waals surface area contributed by atoms with Crippen LogP contribution in [0, 0.1) is 0 Å². The highest BCUT2D eigenvalue weighted by Crippen LogP contribution is 2.32. The van der Waals surface area contributed by atoms with Gasteiger partial charge in [0.1, 0.15) is 0 Å². The second-order valence-electron chi connectivity index (χ2n) is 7.09. The van der Waals surface area contributed by atoms with E-state index >= 15 is 0 Å². The molecule has 0 aliphatic rings. The molecule has 5 rings (SSSR count). The van der Waals surface area contributed by atoms with Crippen LogP contribution in [0.15, 0.2) is 90.5 Å². The molecule has 0 spiro atoms. The van der Waals surface area contributed by atoms with Gasteiger partial charge in [0.25, 0.3) is 0 Å². The van der Waals surface area contributed by atoms with Crippen LogP contribution in [0.3, 0.4) is 0 Å². The Morgan fingerprint density at radius 1 is 0.968 bits per heavy atom. The summed E-state index contributed by atoms with van der Waals surface area (Å²) in [5.74, 6) is 0.762. The van der Waals surface area contributed by atoms with Gasteiger partial charge in [-0.2, -0.15) is 0 Å². The molecule has 0 bridgehead atoms. The molecule has 0 fully saturated rings. The lowest BCUT2D eigenvalue weighted by molar-refractivity contribution is 0.0995. The third-order valence-corrected chi connectivity index (χ3v) is 6.14. The summed E-state index contributed by atoms with van der Waals surface area (Å²) in [7, 11) is 0. The minimum Gasteiger partial charge on any atom is -0.360 e. The lowest BCUT2D eigenvalue weighted by Crippen LogP contribution is -2.14. The van der Waals surface area contributed by atoms with Gasteiger partial charge in [0.05, 0.1) is 5.25 Å². The number of thioether (sulfide) groups is 1. The van der Waals surface area contributed by atoms with Crippen molar-refractivity contribution < 1.29 is 4.79 Å². The monoisotopic (exact) mass is 425 g/mol. The van der Waals surface area contributed by atoms with Crippen LogP contribution in [0.2, 0.25) is 0 Å². The number of carbonyl (C=O) groups is 1. The van der Waals surface area contributed by atoms with E-state index in [9.17, 15) is 4.79 Å². The first kappa shape index (κ1) is 19.3. The number of hydrogen-bond donors (Lipinski definition) is 1. The number of nitrogens with one attached hydrogen (secondary N) is 1. The van der Waals surface area contributed by atoms with Gasteiger partial charge in [-0.1, -0.05) is 48.2 Å². The van der Waals surface area contributed by atoms with Crippen LogP contribution in [0.5, 0.6) is 0 Å². The number of ketones is 1. The Bertz CT molecular complexity index is 1340. The highest BCUT2D eigenvalue weighted by atomic mass is 32.2. The Morgan fingerprint density at radius 2 is 1.71 bits per heavy atom. The molecule has 2 aromatic carbocycles. The van der Waals surface area contributed by atoms with Crippen molar-refractivity contribution in [3.05, 3.63) is 90.9 Å². The molecule has 1 N–H and O–H groups in total. The average molecular weight is 426 g/mol. The molecule has 3 aromatic heterocycles. The molecule has 31 heavy (non-hydrogen) atoms. The molecule has 6 nitrogen and oxygen atoms in total. The van der Waals surface area contributed by atoms with Crippen LogP contribution in [-0.4, -0.2) is 35.8 Å². The number of Topliss-reactive ketones (excluding diaryl/α,β-unsaturated/α-hetero) is 1. The van der Waals surface area contributed by atoms with Crippen molar-refractivity contribution in [1.29, 1.82) is 0 Å². The van der Waals surface area contributed by atoms with E-state index in [-0.39, 0.29) is 11.0 Å². The van der Waals surface area contributed by atoms with Crippen LogP contribution in [-0.2, 0) is 0 Å². The zero-order valence-corrected chi connectivity index (χ0v) is 17.6. The number of para-hydroxylation sites is 2. The topological polar surface area (TPSA) is 76.5 Å². The fraction of sp³-hybridized carbons (Fsp3) is 0.0833. The van der Waals surface area contributed by atoms with Crippen molar-refractivity contribution in [3.8, 4) is 17.1 Å². The number of nitrogens with zero attached hydrogens (tertiary/aromatic N) is 4. The van der Waals surface area contributed by atoms with Crippen molar-refractivity contribution in [2.45, 2.75) is 17.3 Å². The van der Waals surface area contributed by atoms with Crippen molar-refractivity contribution in [3.63, 3.8) is 0 Å². The van der Waals surface area contributed by atoms with E-state index in [1.807, 2.05) is 78.2 Å². The van der Waals surface area contributed by atoms with Crippen molar-refractivity contribution in [2.24, 2.45) is 0 Å². The largest absolute Gasteiger partial charge is 0.360 e. The third-order valence-electron chi connectivity index (χ3n) is 5.09. The number of carbonyl (C=O) groups excluding carboxylic acids is 1. The number of pyridine rings is 1. The molecule has 1 atom stereocenters. The van der Waals surface area contributed by atoms with Crippen LogP contribution >= 0.6 is 11.8 Å². The van der Waals surface area contributed by atoms with Gasteiger partial charge in [-0.3, -0.25) is 14.3 Å². The van der Waals surface area contributed by atoms with E-state index in [1.165, 1.54) is 11.8 Å². The summed E-state index contributed by atoms with van der Waals surface area (Å²) >= 11 is 1.41. The molecule has 0 saturated heterocycles. The molecule has 152 valence electrons. The maximum atomic E-state index is 13.2. The molecule has 0 aliphatic heterocycles. The predicted octanol–water partition coefficient (Wildman–Crippen LogP) is 5.17. The summed E-state index contributed by atoms with van der Waals surface area (Å²) in [5.41, 5.74) is 3.49. The standard InChI is InChI=1S/C24H19N5OS/c1-16(22(30)20-15-26-21-10-6-5-9-19(20)21)31-24-28-27-23(17-11-13-25-14-12-17)29(24)18-7-3-2-4-8-18/h2-16,26H,1H3. The predicted molar refractivity (Wildman–Crippen MR) is 123 cm³/mol. The average Bonchev–Trinajstić information content (AvgIpc) is 3.44. The van der Waals surface area contributed by atoms with Crippen LogP contribution in [0.4, 0.5) is 0 Å². The summed E-state index contributed by atoms with van der Waals surface area (Å²) in [6.45, 7) is 1.91. The molecule has 0 amide bonds. The smallest absolute Gasteiger partial charge is 0.196 e. The van der Waals surface area contributed by atoms with E-state index in [4.69, 9.17) is 0 Å². The van der Waals surface area contributed by atoms with E-state index in [0.717, 1.165) is 22.2 Å². The fourth-order valence-electron chi connectivity index (χ4n) is 3.55. The first-order valence-electron chi connectivity index (χ1n) is 9.90. The lowest BCUT2D eigenvalue weighted by atomic mass is 10.1. The number of aromatic amines is 1. The normalized spacial score (nSPS) is 12.2. The summed E-state index contributed by atoms with van der Waals surface area (Å²) in [4.78, 5) is 20.5. The second kappa shape index (κ2) is 8.20. The number of aromatic nitrogens is 5. The first-order chi connectivity index (χ1) is 15.2. The molecular weight excluding hydrogens is 406 g/mol. The quantitative estimate of drug-likeness (QED) is 0.300. The van der Waals surface area contributed by atoms with Gasteiger partial charge in [0.2, 0.25) is 0 Å². The highest BCUT2D eigenvalue weighted by molar-refractivity contribution is 8.00. The van der Waals surface area contributed by atoms with E-state index in [2.05, 4.69) is 20.2 Å². The maximum absolute atomic E-state index is 13.2. The van der Waals surface area contributed by atoms with Gasteiger partial charge in [0.15, 0.2) is 16.8 Å². The zero-order valence-electron chi connectivity index (χ0n) is 16.8. The van der Waals surface area contributed by atoms with Crippen molar-refractivity contribution in [1.82, 2.24) is 24.7 Å². The van der Waals surface area contributed by atoms with Crippen molar-refractivity contribution in [2.75, 3.05) is 0 Å². The summed E-state index contributed by atoms with van der Waals surface area (Å²) < 4.78 is 1.99. The van der Waals surface area contributed by atoms with E-state index < -0.39 is 0 Å². The number of rotatable bonds is 6. The molecule has 1 unspecified atom stereocenters. The summed E-state index contributed by atoms with van der Waals surface area (Å²) in [6.07, 6.45) is 5.25. The molecule has 5 aromatic rings. The first-order valence-corrected chi connectivity index (χ1v) is 10.8. The highest BCUT2D eigenvalue weighted by Gasteiger charge is 2.24. The summed E-state index contributed by atoms with van der Waals surface area (Å²) in [6, 6.07) is 21.6. The Morgan fingerprint density at radius 3 is 2.52 bits per heavy atom. The summed E-state index contributed by atoms with van der Waals surface area (Å²) in [5, 5.41) is 10.1. The Balaban J connectivity index is 1.52. The molecule has 3 heterocycles. The number of hydrogen-bond acceptors (Lipinski definition) is 5. The third kappa shape index (κ3) is 3.64. The minimum absolute atomic E-state index is 0.0514. The van der Waals surface area contributed by atoms with E-state index in [0.29, 0.717) is 16.5 Å². The SMILES string of the molecule is CC(Sc1nnc(-c2ccncc2)n1-c1ccccc1)C(=O)c1c[nH]c2ccccc12. The molecule has 0 aliphatic carbocycles. The van der Waals surface area contributed by atoms with Gasteiger partial charge in [-0.15, -0.1) is 10.2 Å². The number of benzene rings is 2. The fourth-order valence-corrected chi connectivity index (χ4v) is 4.49. The second-order valence-corrected chi connectivity index (χ2v) is 8.39. The molecule has 0 radical (unpaired) electrons. The molecule has 0 saturated carbocycles. The van der Waals surface area contributed by atoms with E-state index in [1.54, 1.807) is 18.6 Å².